The summed E-state index contributed by atoms with van der Waals surface area (Å²) in [5, 5.41) is 0. The summed E-state index contributed by atoms with van der Waals surface area (Å²) in [6.07, 6.45) is 22.6. The molecule has 0 radical (unpaired) electrons. The van der Waals surface area contributed by atoms with Crippen molar-refractivity contribution < 1.29 is 57.3 Å². The molecule has 5 aliphatic rings. The van der Waals surface area contributed by atoms with E-state index in [0.29, 0.717) is 64.2 Å². The number of ketones is 4. The SMILES string of the molecule is CCCCCCCCC(=O)Oc1ccc(OC(=O)CCCCCCC)c2c1C(=O)C1CC3=C(CC4=C(C3)CC3C(=O)c5c(OC(=O)CCCCCCC)ccc(OC(=O)CCCCCCC)c5C(=O)C3C4)CC1C2=O. The molecule has 7 rings (SSSR count). The zero-order valence-electron chi connectivity index (χ0n) is 45.4. The number of carbonyl (C=O) groups excluding carboxylic acids is 8. The number of unbranched alkanes of at least 4 members (excludes halogenated alkanes) is 17. The summed E-state index contributed by atoms with van der Waals surface area (Å²) in [5.74, 6) is -6.25. The number of allylic oxidation sites excluding steroid dienone is 4. The minimum Gasteiger partial charge on any atom is -0.426 e. The maximum Gasteiger partial charge on any atom is 0.311 e. The van der Waals surface area contributed by atoms with Crippen molar-refractivity contribution in [2.24, 2.45) is 23.7 Å². The number of esters is 4. The molecule has 75 heavy (non-hydrogen) atoms. The van der Waals surface area contributed by atoms with E-state index in [4.69, 9.17) is 18.9 Å². The Morgan fingerprint density at radius 1 is 0.333 bits per heavy atom. The molecule has 0 fully saturated rings. The zero-order chi connectivity index (χ0) is 53.4. The van der Waals surface area contributed by atoms with Crippen molar-refractivity contribution in [1.82, 2.24) is 0 Å². The third kappa shape index (κ3) is 14.3. The average molecular weight is 1030 g/mol. The number of hydrogen-bond donors (Lipinski definition) is 0. The maximum atomic E-state index is 14.9. The van der Waals surface area contributed by atoms with E-state index >= 15 is 0 Å². The molecule has 406 valence electrons. The largest absolute Gasteiger partial charge is 0.426 e. The van der Waals surface area contributed by atoms with E-state index in [2.05, 4.69) is 27.7 Å². The van der Waals surface area contributed by atoms with Crippen LogP contribution in [0.1, 0.15) is 268 Å². The van der Waals surface area contributed by atoms with Crippen molar-refractivity contribution in [3.63, 3.8) is 0 Å². The molecule has 0 heterocycles. The molecule has 4 unspecified atom stereocenters. The van der Waals surface area contributed by atoms with Crippen LogP contribution in [0.5, 0.6) is 23.0 Å². The van der Waals surface area contributed by atoms with Gasteiger partial charge in [0.1, 0.15) is 23.0 Å². The Morgan fingerprint density at radius 2 is 0.533 bits per heavy atom. The predicted molar refractivity (Wildman–Crippen MR) is 287 cm³/mol. The van der Waals surface area contributed by atoms with Gasteiger partial charge < -0.3 is 18.9 Å². The fraction of sp³-hybridized carbons (Fsp3) is 0.619. The monoisotopic (exact) mass is 1030 g/mol. The molecule has 0 saturated carbocycles. The maximum absolute atomic E-state index is 14.9. The Morgan fingerprint density at radius 3 is 0.747 bits per heavy atom. The normalized spacial score (nSPS) is 19.6. The highest BCUT2D eigenvalue weighted by Gasteiger charge is 2.51. The number of rotatable bonds is 29. The first-order chi connectivity index (χ1) is 36.4. The quantitative estimate of drug-likeness (QED) is 0.0327. The lowest BCUT2D eigenvalue weighted by Crippen LogP contribution is -2.42. The molecule has 2 aromatic carbocycles. The summed E-state index contributed by atoms with van der Waals surface area (Å²) in [6.45, 7) is 8.52. The van der Waals surface area contributed by atoms with E-state index in [1.807, 2.05) is 0 Å². The molecule has 0 aromatic heterocycles. The number of fused-ring (bicyclic) bond motifs is 4. The standard InChI is InChI=1S/C63H82O12/c1-5-9-13-17-21-25-29-55(67)75-51-33-32-50(74-54(66)28-24-20-16-12-8-4)58-59(51)63(71)47-39-43-35-41-37-45-44(36-40(41)34-42(43)38-46(47)62(58)70)60(68)56-48(72-52(64)26-22-18-14-10-6-2)30-31-49(57(56)61(45)69)73-53(65)27-23-19-15-11-7-3/h30-33,44-47H,5-29,34-39H2,1-4H3. The first-order valence-electron chi connectivity index (χ1n) is 29.1. The molecule has 5 aliphatic carbocycles. The molecule has 0 N–H and O–H groups in total. The molecule has 12 nitrogen and oxygen atoms in total. The summed E-state index contributed by atoms with van der Waals surface area (Å²) in [5.41, 5.74) is 4.05. The van der Waals surface area contributed by atoms with Gasteiger partial charge in [-0.1, -0.05) is 159 Å². The van der Waals surface area contributed by atoms with Crippen molar-refractivity contribution in [2.45, 2.75) is 227 Å². The fourth-order valence-corrected chi connectivity index (χ4v) is 12.2. The van der Waals surface area contributed by atoms with Gasteiger partial charge >= 0.3 is 23.9 Å². The van der Waals surface area contributed by atoms with Crippen LogP contribution in [0.3, 0.4) is 0 Å². The van der Waals surface area contributed by atoms with Crippen LogP contribution in [0.4, 0.5) is 0 Å². The molecule has 0 aliphatic heterocycles. The molecule has 0 bridgehead atoms. The van der Waals surface area contributed by atoms with Gasteiger partial charge in [0.2, 0.25) is 0 Å². The first kappa shape index (κ1) is 57.2. The topological polar surface area (TPSA) is 173 Å². The van der Waals surface area contributed by atoms with E-state index < -0.39 is 47.5 Å². The van der Waals surface area contributed by atoms with Crippen LogP contribution in [-0.2, 0) is 19.2 Å². The third-order valence-electron chi connectivity index (χ3n) is 16.4. The Balaban J connectivity index is 1.11. The molecule has 0 spiro atoms. The average Bonchev–Trinajstić information content (AvgIpc) is 3.39. The van der Waals surface area contributed by atoms with Crippen LogP contribution < -0.4 is 18.9 Å². The van der Waals surface area contributed by atoms with E-state index in [-0.39, 0.29) is 94.1 Å². The number of Topliss-reactive ketones (excluding diaryl/α,β-unsaturated/α-hetero) is 4. The summed E-state index contributed by atoms with van der Waals surface area (Å²) < 4.78 is 23.6. The van der Waals surface area contributed by atoms with Gasteiger partial charge in [0, 0.05) is 49.4 Å². The van der Waals surface area contributed by atoms with Crippen LogP contribution in [0.2, 0.25) is 0 Å². The Hall–Kier alpha value is -5.52. The first-order valence-corrected chi connectivity index (χ1v) is 29.1. The van der Waals surface area contributed by atoms with Gasteiger partial charge in [0.25, 0.3) is 0 Å². The lowest BCUT2D eigenvalue weighted by atomic mass is 9.59. The van der Waals surface area contributed by atoms with Crippen LogP contribution in [0, 0.1) is 23.7 Å². The van der Waals surface area contributed by atoms with Crippen LogP contribution >= 0.6 is 0 Å². The summed E-state index contributed by atoms with van der Waals surface area (Å²) in [4.78, 5) is 113. The predicted octanol–water partition coefficient (Wildman–Crippen LogP) is 15.0. The second-order valence-electron chi connectivity index (χ2n) is 22.0. The Labute approximate surface area is 444 Å². The summed E-state index contributed by atoms with van der Waals surface area (Å²) >= 11 is 0. The number of carbonyl (C=O) groups is 8. The number of benzene rings is 2. The van der Waals surface area contributed by atoms with Crippen molar-refractivity contribution in [2.75, 3.05) is 0 Å². The minimum absolute atomic E-state index is 0.00000925. The highest BCUT2D eigenvalue weighted by atomic mass is 16.6. The molecular formula is C63H82O12. The van der Waals surface area contributed by atoms with Gasteiger partial charge in [-0.15, -0.1) is 0 Å². The second kappa shape index (κ2) is 28.0. The third-order valence-corrected chi connectivity index (χ3v) is 16.4. The van der Waals surface area contributed by atoms with Crippen molar-refractivity contribution in [1.29, 1.82) is 0 Å². The highest BCUT2D eigenvalue weighted by molar-refractivity contribution is 6.20. The molecule has 4 atom stereocenters. The van der Waals surface area contributed by atoms with Gasteiger partial charge in [-0.3, -0.25) is 38.4 Å². The molecule has 0 saturated heterocycles. The van der Waals surface area contributed by atoms with E-state index in [1.165, 1.54) is 24.3 Å². The molecule has 12 heteroatoms. The van der Waals surface area contributed by atoms with Crippen LogP contribution in [0.25, 0.3) is 0 Å². The second-order valence-corrected chi connectivity index (χ2v) is 22.0. The van der Waals surface area contributed by atoms with Crippen LogP contribution in [0.15, 0.2) is 46.6 Å². The Kier molecular flexibility index (Phi) is 21.4. The summed E-state index contributed by atoms with van der Waals surface area (Å²) in [7, 11) is 0. The summed E-state index contributed by atoms with van der Waals surface area (Å²) in [6, 6.07) is 5.89. The molecule has 2 aromatic rings. The smallest absolute Gasteiger partial charge is 0.311 e. The van der Waals surface area contributed by atoms with E-state index in [9.17, 15) is 38.4 Å². The van der Waals surface area contributed by atoms with E-state index in [0.717, 1.165) is 131 Å². The number of hydrogen-bond acceptors (Lipinski definition) is 12. The lowest BCUT2D eigenvalue weighted by molar-refractivity contribution is -0.135. The van der Waals surface area contributed by atoms with E-state index in [1.54, 1.807) is 0 Å². The van der Waals surface area contributed by atoms with Gasteiger partial charge in [-0.25, -0.2) is 0 Å². The van der Waals surface area contributed by atoms with Crippen molar-refractivity contribution >= 4 is 47.0 Å². The van der Waals surface area contributed by atoms with Crippen molar-refractivity contribution in [3.8, 4) is 23.0 Å². The van der Waals surface area contributed by atoms with Gasteiger partial charge in [0.05, 0.1) is 22.3 Å². The van der Waals surface area contributed by atoms with Gasteiger partial charge in [0.15, 0.2) is 23.1 Å². The lowest BCUT2D eigenvalue weighted by Gasteiger charge is -2.43. The molecular weight excluding hydrogens is 949 g/mol. The highest BCUT2D eigenvalue weighted by Crippen LogP contribution is 2.55. The van der Waals surface area contributed by atoms with Gasteiger partial charge in [-0.2, -0.15) is 0 Å². The number of ether oxygens (including phenoxy) is 4. The zero-order valence-corrected chi connectivity index (χ0v) is 45.4. The fourth-order valence-electron chi connectivity index (χ4n) is 12.2. The Bertz CT molecular complexity index is 2520. The van der Waals surface area contributed by atoms with Crippen molar-refractivity contribution in [3.05, 3.63) is 68.8 Å². The van der Waals surface area contributed by atoms with Gasteiger partial charge in [-0.05, 0) is 88.5 Å². The minimum atomic E-state index is -0.742. The molecule has 0 amide bonds. The van der Waals surface area contributed by atoms with Crippen LogP contribution in [-0.4, -0.2) is 47.0 Å².